The molecule has 3 heterocycles. The number of benzene rings is 1. The van der Waals surface area contributed by atoms with E-state index in [1.54, 1.807) is 29.0 Å². The van der Waals surface area contributed by atoms with Gasteiger partial charge in [0.1, 0.15) is 41.9 Å². The minimum absolute atomic E-state index is 0.130. The van der Waals surface area contributed by atoms with Crippen molar-refractivity contribution in [2.24, 2.45) is 0 Å². The lowest BCUT2D eigenvalue weighted by Gasteiger charge is -2.30. The second kappa shape index (κ2) is 11.1. The van der Waals surface area contributed by atoms with Gasteiger partial charge >= 0.3 is 6.03 Å². The van der Waals surface area contributed by atoms with Crippen LogP contribution in [0.15, 0.2) is 42.9 Å². The number of hydrogen-bond donors (Lipinski definition) is 6. The Morgan fingerprint density at radius 3 is 2.67 bits per heavy atom. The number of carbonyl (C=O) groups is 1. The van der Waals surface area contributed by atoms with Crippen molar-refractivity contribution in [2.75, 3.05) is 30.7 Å². The fourth-order valence-electron chi connectivity index (χ4n) is 4.30. The molecule has 0 saturated carbocycles. The topological polar surface area (TPSA) is 171 Å². The summed E-state index contributed by atoms with van der Waals surface area (Å²) in [5.41, 5.74) is 7.02. The van der Waals surface area contributed by atoms with Crippen molar-refractivity contribution >= 4 is 28.6 Å². The Labute approximate surface area is 208 Å². The molecule has 0 aliphatic carbocycles. The van der Waals surface area contributed by atoms with Gasteiger partial charge in [0, 0.05) is 37.6 Å². The molecule has 1 aliphatic rings. The van der Waals surface area contributed by atoms with Crippen molar-refractivity contribution < 1.29 is 24.9 Å². The van der Waals surface area contributed by atoms with Crippen LogP contribution in [-0.4, -0.2) is 84.8 Å². The number of phenols is 1. The Balaban J connectivity index is 1.30. The molecule has 7 N–H and O–H groups in total. The smallest absolute Gasteiger partial charge is 0.319 e. The zero-order chi connectivity index (χ0) is 25.8. The minimum Gasteiger partial charge on any atom is -0.508 e. The van der Waals surface area contributed by atoms with Crippen LogP contribution in [-0.2, 0) is 4.74 Å². The van der Waals surface area contributed by atoms with Crippen LogP contribution in [0.2, 0.25) is 0 Å². The standard InChI is InChI=1S/C24H33N7O5/c1-14(2)30(10-3-9-26-24(35)29-15-4-6-16(32)7-5-15)12-18-19(33)20(34)23(36-18)31-11-8-17-21(25)27-13-28-22(17)31/h4-8,11,13-14,18-20,23,32-34H,3,9-10,12H2,1-2H3,(H2,25,27,28)(H2,26,29,35)/t18-,19-,20-,23-/m1/s1. The van der Waals surface area contributed by atoms with Crippen LogP contribution < -0.4 is 16.4 Å². The lowest BCUT2D eigenvalue weighted by atomic mass is 10.1. The molecule has 4 atom stereocenters. The Morgan fingerprint density at radius 2 is 1.94 bits per heavy atom. The summed E-state index contributed by atoms with van der Waals surface area (Å²) in [5, 5.41) is 37.0. The Kier molecular flexibility index (Phi) is 7.89. The maximum Gasteiger partial charge on any atom is 0.319 e. The largest absolute Gasteiger partial charge is 0.508 e. The molecule has 0 unspecified atom stereocenters. The number of aromatic hydroxyl groups is 1. The summed E-state index contributed by atoms with van der Waals surface area (Å²) < 4.78 is 7.77. The number of ether oxygens (including phenoxy) is 1. The number of carbonyl (C=O) groups excluding carboxylic acids is 1. The van der Waals surface area contributed by atoms with E-state index in [9.17, 15) is 20.1 Å². The normalized spacial score (nSPS) is 21.9. The Bertz CT molecular complexity index is 1170. The Hall–Kier alpha value is -3.45. The van der Waals surface area contributed by atoms with Crippen LogP contribution in [0, 0.1) is 0 Å². The third-order valence-corrected chi connectivity index (χ3v) is 6.33. The third kappa shape index (κ3) is 5.68. The summed E-state index contributed by atoms with van der Waals surface area (Å²) in [6, 6.07) is 7.80. The van der Waals surface area contributed by atoms with Gasteiger partial charge in [-0.05, 0) is 50.6 Å². The van der Waals surface area contributed by atoms with Crippen LogP contribution >= 0.6 is 0 Å². The molecule has 0 radical (unpaired) electrons. The van der Waals surface area contributed by atoms with E-state index in [1.807, 2.05) is 13.8 Å². The van der Waals surface area contributed by atoms with Crippen molar-refractivity contribution in [2.45, 2.75) is 50.8 Å². The minimum atomic E-state index is -1.14. The lowest BCUT2D eigenvalue weighted by molar-refractivity contribution is -0.0465. The van der Waals surface area contributed by atoms with Gasteiger partial charge in [0.2, 0.25) is 0 Å². The molecule has 1 aliphatic heterocycles. The van der Waals surface area contributed by atoms with E-state index >= 15 is 0 Å². The fourth-order valence-corrected chi connectivity index (χ4v) is 4.30. The first-order valence-corrected chi connectivity index (χ1v) is 11.9. The number of anilines is 2. The number of aromatic nitrogens is 3. The molecule has 1 saturated heterocycles. The summed E-state index contributed by atoms with van der Waals surface area (Å²) in [7, 11) is 0. The molecular weight excluding hydrogens is 466 g/mol. The average Bonchev–Trinajstić information content (AvgIpc) is 3.39. The van der Waals surface area contributed by atoms with Crippen LogP contribution in [0.1, 0.15) is 26.5 Å². The summed E-state index contributed by atoms with van der Waals surface area (Å²) >= 11 is 0. The first kappa shape index (κ1) is 25.6. The molecule has 194 valence electrons. The summed E-state index contributed by atoms with van der Waals surface area (Å²) in [6.07, 6.45) is 0.0968. The first-order chi connectivity index (χ1) is 17.2. The number of nitrogens with one attached hydrogen (secondary N) is 2. The van der Waals surface area contributed by atoms with Crippen molar-refractivity contribution in [3.8, 4) is 5.75 Å². The summed E-state index contributed by atoms with van der Waals surface area (Å²) in [6.45, 7) is 5.59. The predicted molar refractivity (Wildman–Crippen MR) is 134 cm³/mol. The second-order valence-electron chi connectivity index (χ2n) is 9.14. The summed E-state index contributed by atoms with van der Waals surface area (Å²) in [4.78, 5) is 22.5. The van der Waals surface area contributed by atoms with Gasteiger partial charge < -0.3 is 41.0 Å². The quantitative estimate of drug-likeness (QED) is 0.187. The van der Waals surface area contributed by atoms with Crippen LogP contribution in [0.25, 0.3) is 11.0 Å². The van der Waals surface area contributed by atoms with E-state index < -0.39 is 24.5 Å². The number of nitrogens with zero attached hydrogens (tertiary/aromatic N) is 4. The van der Waals surface area contributed by atoms with E-state index in [0.717, 1.165) is 0 Å². The van der Waals surface area contributed by atoms with E-state index in [4.69, 9.17) is 10.5 Å². The average molecular weight is 500 g/mol. The maximum absolute atomic E-state index is 12.1. The molecule has 3 aromatic rings. The highest BCUT2D eigenvalue weighted by atomic mass is 16.6. The molecular formula is C24H33N7O5. The fraction of sp³-hybridized carbons (Fsp3) is 0.458. The van der Waals surface area contributed by atoms with Gasteiger partial charge in [-0.25, -0.2) is 14.8 Å². The van der Waals surface area contributed by atoms with Gasteiger partial charge in [0.15, 0.2) is 6.23 Å². The molecule has 12 heteroatoms. The lowest BCUT2D eigenvalue weighted by Crippen LogP contribution is -2.44. The van der Waals surface area contributed by atoms with Gasteiger partial charge in [0.25, 0.3) is 0 Å². The Morgan fingerprint density at radius 1 is 1.19 bits per heavy atom. The number of amides is 2. The highest BCUT2D eigenvalue weighted by Crippen LogP contribution is 2.33. The monoisotopic (exact) mass is 499 g/mol. The number of nitrogens with two attached hydrogens (primary N) is 1. The number of phenolic OH excluding ortho intramolecular Hbond substituents is 1. The SMILES string of the molecule is CC(C)N(CCCNC(=O)Nc1ccc(O)cc1)C[C@H]1O[C@@H](n2ccc3c(N)ncnc32)[C@H](O)[C@@H]1O. The summed E-state index contributed by atoms with van der Waals surface area (Å²) in [5.74, 6) is 0.463. The number of hydrogen-bond acceptors (Lipinski definition) is 9. The molecule has 12 nitrogen and oxygen atoms in total. The van der Waals surface area contributed by atoms with E-state index in [0.29, 0.717) is 48.6 Å². The highest BCUT2D eigenvalue weighted by molar-refractivity contribution is 5.89. The molecule has 0 spiro atoms. The number of urea groups is 1. The van der Waals surface area contributed by atoms with E-state index in [2.05, 4.69) is 25.5 Å². The van der Waals surface area contributed by atoms with Crippen molar-refractivity contribution in [1.29, 1.82) is 0 Å². The molecule has 0 bridgehead atoms. The van der Waals surface area contributed by atoms with Crippen molar-refractivity contribution in [1.82, 2.24) is 24.8 Å². The third-order valence-electron chi connectivity index (χ3n) is 6.33. The molecule has 4 rings (SSSR count). The number of aliphatic hydroxyl groups excluding tert-OH is 2. The molecule has 2 aromatic heterocycles. The van der Waals surface area contributed by atoms with E-state index in [1.165, 1.54) is 18.5 Å². The van der Waals surface area contributed by atoms with Gasteiger partial charge in [-0.3, -0.25) is 4.90 Å². The molecule has 36 heavy (non-hydrogen) atoms. The van der Waals surface area contributed by atoms with Gasteiger partial charge in [-0.15, -0.1) is 0 Å². The van der Waals surface area contributed by atoms with Gasteiger partial charge in [-0.1, -0.05) is 0 Å². The van der Waals surface area contributed by atoms with Gasteiger partial charge in [-0.2, -0.15) is 0 Å². The molecule has 2 amide bonds. The maximum atomic E-state index is 12.1. The zero-order valence-electron chi connectivity index (χ0n) is 20.3. The predicted octanol–water partition coefficient (Wildman–Crippen LogP) is 1.26. The van der Waals surface area contributed by atoms with Crippen molar-refractivity contribution in [3.63, 3.8) is 0 Å². The number of fused-ring (bicyclic) bond motifs is 1. The van der Waals surface area contributed by atoms with Crippen LogP contribution in [0.4, 0.5) is 16.3 Å². The zero-order valence-corrected chi connectivity index (χ0v) is 20.3. The second-order valence-corrected chi connectivity index (χ2v) is 9.14. The highest BCUT2D eigenvalue weighted by Gasteiger charge is 2.44. The molecule has 1 fully saturated rings. The number of aliphatic hydroxyl groups is 2. The van der Waals surface area contributed by atoms with E-state index in [-0.39, 0.29) is 17.8 Å². The van der Waals surface area contributed by atoms with Crippen LogP contribution in [0.3, 0.4) is 0 Å². The number of rotatable bonds is 9. The van der Waals surface area contributed by atoms with Gasteiger partial charge in [0.05, 0.1) is 5.39 Å². The van der Waals surface area contributed by atoms with Crippen molar-refractivity contribution in [3.05, 3.63) is 42.9 Å². The molecule has 1 aromatic carbocycles. The first-order valence-electron chi connectivity index (χ1n) is 11.9. The number of nitrogen functional groups attached to an aromatic ring is 1. The van der Waals surface area contributed by atoms with Crippen LogP contribution in [0.5, 0.6) is 5.75 Å².